The lowest BCUT2D eigenvalue weighted by Crippen LogP contribution is -2.10. The van der Waals surface area contributed by atoms with Gasteiger partial charge >= 0.3 is 0 Å². The van der Waals surface area contributed by atoms with E-state index in [1.165, 1.54) is 12.1 Å². The molecule has 0 bridgehead atoms. The summed E-state index contributed by atoms with van der Waals surface area (Å²) in [6, 6.07) is 4.68. The van der Waals surface area contributed by atoms with Crippen molar-refractivity contribution in [3.05, 3.63) is 29.6 Å². The van der Waals surface area contributed by atoms with Crippen molar-refractivity contribution in [3.63, 3.8) is 0 Å². The number of nitrogens with two attached hydrogens (primary N) is 1. The minimum absolute atomic E-state index is 0.293. The smallest absolute Gasteiger partial charge is 0.127 e. The Morgan fingerprint density at radius 2 is 2.00 bits per heavy atom. The quantitative estimate of drug-likeness (QED) is 0.725. The second-order valence-corrected chi connectivity index (χ2v) is 4.65. The van der Waals surface area contributed by atoms with Crippen molar-refractivity contribution in [3.8, 4) is 5.75 Å². The Morgan fingerprint density at radius 1 is 1.22 bits per heavy atom. The van der Waals surface area contributed by atoms with E-state index in [0.717, 1.165) is 5.56 Å². The van der Waals surface area contributed by atoms with Gasteiger partial charge in [-0.2, -0.15) is 0 Å². The van der Waals surface area contributed by atoms with Gasteiger partial charge in [-0.05, 0) is 36.6 Å². The van der Waals surface area contributed by atoms with Crippen LogP contribution in [0.1, 0.15) is 19.4 Å². The van der Waals surface area contributed by atoms with Gasteiger partial charge in [-0.1, -0.05) is 13.8 Å². The third-order valence-corrected chi connectivity index (χ3v) is 2.31. The SMILES string of the molecule is CC(C)COCCOc1cc(F)cc(CCN)c1. The van der Waals surface area contributed by atoms with Crippen LogP contribution in [-0.2, 0) is 11.2 Å². The van der Waals surface area contributed by atoms with Gasteiger partial charge in [-0.3, -0.25) is 0 Å². The molecule has 0 aliphatic heterocycles. The monoisotopic (exact) mass is 255 g/mol. The van der Waals surface area contributed by atoms with Crippen LogP contribution in [0.3, 0.4) is 0 Å². The summed E-state index contributed by atoms with van der Waals surface area (Å²) >= 11 is 0. The minimum atomic E-state index is -0.293. The average Bonchev–Trinajstić information content (AvgIpc) is 2.28. The van der Waals surface area contributed by atoms with Crippen LogP contribution in [-0.4, -0.2) is 26.4 Å². The van der Waals surface area contributed by atoms with Crippen LogP contribution in [0.15, 0.2) is 18.2 Å². The van der Waals surface area contributed by atoms with Crippen LogP contribution in [0.4, 0.5) is 4.39 Å². The Morgan fingerprint density at radius 3 is 2.67 bits per heavy atom. The van der Waals surface area contributed by atoms with Crippen LogP contribution < -0.4 is 10.5 Å². The molecule has 0 spiro atoms. The van der Waals surface area contributed by atoms with Crippen molar-refractivity contribution >= 4 is 0 Å². The predicted octanol–water partition coefficient (Wildman–Crippen LogP) is 2.38. The van der Waals surface area contributed by atoms with E-state index in [4.69, 9.17) is 15.2 Å². The van der Waals surface area contributed by atoms with Crippen molar-refractivity contribution in [1.82, 2.24) is 0 Å². The van der Waals surface area contributed by atoms with E-state index in [2.05, 4.69) is 13.8 Å². The molecule has 0 aliphatic carbocycles. The number of hydrogen-bond acceptors (Lipinski definition) is 3. The van der Waals surface area contributed by atoms with E-state index in [1.807, 2.05) is 6.07 Å². The molecule has 102 valence electrons. The molecule has 0 atom stereocenters. The van der Waals surface area contributed by atoms with Gasteiger partial charge in [0.15, 0.2) is 0 Å². The third kappa shape index (κ3) is 5.98. The Hall–Kier alpha value is -1.13. The zero-order valence-electron chi connectivity index (χ0n) is 11.1. The molecule has 4 heteroatoms. The second kappa shape index (κ2) is 8.06. The van der Waals surface area contributed by atoms with E-state index < -0.39 is 0 Å². The van der Waals surface area contributed by atoms with E-state index in [1.54, 1.807) is 0 Å². The maximum absolute atomic E-state index is 13.3. The molecule has 0 unspecified atom stereocenters. The number of hydrogen-bond donors (Lipinski definition) is 1. The fraction of sp³-hybridized carbons (Fsp3) is 0.571. The van der Waals surface area contributed by atoms with Crippen LogP contribution >= 0.6 is 0 Å². The third-order valence-electron chi connectivity index (χ3n) is 2.31. The molecule has 0 radical (unpaired) electrons. The van der Waals surface area contributed by atoms with E-state index in [0.29, 0.717) is 44.5 Å². The Bertz CT molecular complexity index is 356. The normalized spacial score (nSPS) is 10.9. The molecule has 1 aromatic rings. The molecule has 3 nitrogen and oxygen atoms in total. The Kier molecular flexibility index (Phi) is 6.68. The second-order valence-electron chi connectivity index (χ2n) is 4.65. The standard InChI is InChI=1S/C14H22FNO2/c1-11(2)10-17-5-6-18-14-8-12(3-4-16)7-13(15)9-14/h7-9,11H,3-6,10,16H2,1-2H3. The number of halogens is 1. The first kappa shape index (κ1) is 14.9. The first-order valence-corrected chi connectivity index (χ1v) is 6.32. The van der Waals surface area contributed by atoms with Gasteiger partial charge in [0.05, 0.1) is 6.61 Å². The first-order chi connectivity index (χ1) is 8.61. The summed E-state index contributed by atoms with van der Waals surface area (Å²) in [4.78, 5) is 0. The molecule has 0 saturated carbocycles. The summed E-state index contributed by atoms with van der Waals surface area (Å²) < 4.78 is 24.1. The van der Waals surface area contributed by atoms with Crippen molar-refractivity contribution in [1.29, 1.82) is 0 Å². The van der Waals surface area contributed by atoms with Gasteiger partial charge < -0.3 is 15.2 Å². The lowest BCUT2D eigenvalue weighted by Gasteiger charge is -2.10. The molecule has 0 amide bonds. The fourth-order valence-corrected chi connectivity index (χ4v) is 1.55. The van der Waals surface area contributed by atoms with E-state index in [9.17, 15) is 4.39 Å². The Labute approximate surface area is 108 Å². The molecule has 0 fully saturated rings. The van der Waals surface area contributed by atoms with Gasteiger partial charge in [0.25, 0.3) is 0 Å². The van der Waals surface area contributed by atoms with Crippen LogP contribution in [0.2, 0.25) is 0 Å². The van der Waals surface area contributed by atoms with Crippen molar-refractivity contribution in [2.24, 2.45) is 11.7 Å². The molecule has 0 saturated heterocycles. The van der Waals surface area contributed by atoms with Gasteiger partial charge in [0.2, 0.25) is 0 Å². The van der Waals surface area contributed by atoms with Gasteiger partial charge in [-0.25, -0.2) is 4.39 Å². The molecular formula is C14H22FNO2. The topological polar surface area (TPSA) is 44.5 Å². The number of rotatable bonds is 8. The van der Waals surface area contributed by atoms with E-state index in [-0.39, 0.29) is 5.82 Å². The zero-order chi connectivity index (χ0) is 13.4. The van der Waals surface area contributed by atoms with Crippen molar-refractivity contribution in [2.75, 3.05) is 26.4 Å². The highest BCUT2D eigenvalue weighted by molar-refractivity contribution is 5.29. The summed E-state index contributed by atoms with van der Waals surface area (Å²) in [5.41, 5.74) is 6.30. The highest BCUT2D eigenvalue weighted by Crippen LogP contribution is 2.16. The maximum atomic E-state index is 13.3. The summed E-state index contributed by atoms with van der Waals surface area (Å²) in [7, 11) is 0. The predicted molar refractivity (Wildman–Crippen MR) is 70.3 cm³/mol. The number of benzene rings is 1. The Balaban J connectivity index is 2.37. The summed E-state index contributed by atoms with van der Waals surface area (Å²) in [5, 5.41) is 0. The molecule has 0 aromatic heterocycles. The minimum Gasteiger partial charge on any atom is -0.491 e. The molecule has 1 aromatic carbocycles. The summed E-state index contributed by atoms with van der Waals surface area (Å²) in [6.07, 6.45) is 0.651. The van der Waals surface area contributed by atoms with Crippen molar-refractivity contribution < 1.29 is 13.9 Å². The van der Waals surface area contributed by atoms with Gasteiger partial charge in [-0.15, -0.1) is 0 Å². The van der Waals surface area contributed by atoms with Crippen LogP contribution in [0.5, 0.6) is 5.75 Å². The molecule has 1 rings (SSSR count). The van der Waals surface area contributed by atoms with Crippen molar-refractivity contribution in [2.45, 2.75) is 20.3 Å². The summed E-state index contributed by atoms with van der Waals surface area (Å²) in [6.45, 7) is 6.34. The fourth-order valence-electron chi connectivity index (χ4n) is 1.55. The lowest BCUT2D eigenvalue weighted by atomic mass is 10.1. The van der Waals surface area contributed by atoms with E-state index >= 15 is 0 Å². The molecular weight excluding hydrogens is 233 g/mol. The highest BCUT2D eigenvalue weighted by atomic mass is 19.1. The maximum Gasteiger partial charge on any atom is 0.127 e. The lowest BCUT2D eigenvalue weighted by molar-refractivity contribution is 0.0818. The molecule has 18 heavy (non-hydrogen) atoms. The van der Waals surface area contributed by atoms with Gasteiger partial charge in [0.1, 0.15) is 18.2 Å². The average molecular weight is 255 g/mol. The first-order valence-electron chi connectivity index (χ1n) is 6.32. The van der Waals surface area contributed by atoms with Gasteiger partial charge in [0, 0.05) is 12.7 Å². The summed E-state index contributed by atoms with van der Waals surface area (Å²) in [5.74, 6) is 0.751. The molecule has 0 heterocycles. The van der Waals surface area contributed by atoms with Crippen LogP contribution in [0, 0.1) is 11.7 Å². The zero-order valence-corrected chi connectivity index (χ0v) is 11.1. The largest absolute Gasteiger partial charge is 0.491 e. The number of ether oxygens (including phenoxy) is 2. The highest BCUT2D eigenvalue weighted by Gasteiger charge is 2.02. The molecule has 2 N–H and O–H groups in total. The molecule has 0 aliphatic rings. The van der Waals surface area contributed by atoms with Crippen LogP contribution in [0.25, 0.3) is 0 Å².